The van der Waals surface area contributed by atoms with Gasteiger partial charge in [-0.1, -0.05) is 43.7 Å². The van der Waals surface area contributed by atoms with E-state index in [-0.39, 0.29) is 24.2 Å². The van der Waals surface area contributed by atoms with Crippen molar-refractivity contribution in [3.05, 3.63) is 58.1 Å². The number of halogens is 3. The fraction of sp³-hybridized carbons (Fsp3) is 0.429. The van der Waals surface area contributed by atoms with Gasteiger partial charge in [0.15, 0.2) is 5.78 Å². The number of carboxylic acid groups (broad SMARTS) is 1. The lowest BCUT2D eigenvalue weighted by atomic mass is 9.62. The quantitative estimate of drug-likeness (QED) is 0.781. The van der Waals surface area contributed by atoms with E-state index in [1.807, 2.05) is 6.92 Å². The van der Waals surface area contributed by atoms with Crippen molar-refractivity contribution in [1.82, 2.24) is 0 Å². The zero-order valence-electron chi connectivity index (χ0n) is 16.0. The topological polar surface area (TPSA) is 63.6 Å². The van der Waals surface area contributed by atoms with Crippen LogP contribution in [0.1, 0.15) is 44.7 Å². The molecule has 2 aliphatic rings. The van der Waals surface area contributed by atoms with Crippen molar-refractivity contribution >= 4 is 11.8 Å². The highest BCUT2D eigenvalue weighted by molar-refractivity contribution is 6.05. The Morgan fingerprint density at radius 3 is 2.18 bits per heavy atom. The smallest absolute Gasteiger partial charge is 0.450 e. The van der Waals surface area contributed by atoms with Crippen LogP contribution in [-0.2, 0) is 19.7 Å². The molecule has 1 heterocycles. The van der Waals surface area contributed by atoms with Gasteiger partial charge in [0.05, 0.1) is 11.0 Å². The maximum absolute atomic E-state index is 13.8. The number of aliphatic carboxylic acids is 1. The number of ether oxygens (including phenoxy) is 1. The minimum Gasteiger partial charge on any atom is -0.478 e. The molecule has 1 aliphatic heterocycles. The molecular formula is C21H21F3O4. The highest BCUT2D eigenvalue weighted by atomic mass is 19.4. The molecular weight excluding hydrogens is 373 g/mol. The largest absolute Gasteiger partial charge is 0.478 e. The van der Waals surface area contributed by atoms with Gasteiger partial charge in [-0.3, -0.25) is 4.79 Å². The Labute approximate surface area is 160 Å². The summed E-state index contributed by atoms with van der Waals surface area (Å²) in [6.45, 7) is 6.71. The Morgan fingerprint density at radius 1 is 1.11 bits per heavy atom. The van der Waals surface area contributed by atoms with Gasteiger partial charge in [0.2, 0.25) is 5.76 Å². The maximum atomic E-state index is 13.8. The van der Waals surface area contributed by atoms with Gasteiger partial charge in [0.25, 0.3) is 0 Å². The first kappa shape index (κ1) is 20.2. The fourth-order valence-corrected chi connectivity index (χ4v) is 4.12. The first-order valence-corrected chi connectivity index (χ1v) is 8.84. The molecule has 1 aromatic carbocycles. The second-order valence-electron chi connectivity index (χ2n) is 8.34. The first-order valence-electron chi connectivity index (χ1n) is 8.84. The highest BCUT2D eigenvalue weighted by Gasteiger charge is 2.56. The summed E-state index contributed by atoms with van der Waals surface area (Å²) in [5, 5.41) is 9.73. The summed E-state index contributed by atoms with van der Waals surface area (Å²) in [4.78, 5) is 25.0. The second kappa shape index (κ2) is 6.22. The molecule has 28 heavy (non-hydrogen) atoms. The molecule has 0 spiro atoms. The third-order valence-corrected chi connectivity index (χ3v) is 5.39. The van der Waals surface area contributed by atoms with Crippen molar-refractivity contribution in [3.8, 4) is 0 Å². The molecule has 1 unspecified atom stereocenters. The van der Waals surface area contributed by atoms with Crippen LogP contribution in [0.2, 0.25) is 0 Å². The zero-order valence-corrected chi connectivity index (χ0v) is 16.0. The first-order chi connectivity index (χ1) is 12.8. The molecule has 0 fully saturated rings. The molecule has 1 aromatic rings. The minimum absolute atomic E-state index is 0.000998. The number of carboxylic acids is 1. The van der Waals surface area contributed by atoms with Crippen LogP contribution in [0.5, 0.6) is 0 Å². The SMILES string of the molecule is Cc1ccc(C2(C)C3=C(CC(C)(C)CC3=O)OC(C(F)(F)F)=C2C(=O)O)cc1. The number of ketones is 1. The van der Waals surface area contributed by atoms with Gasteiger partial charge < -0.3 is 9.84 Å². The van der Waals surface area contributed by atoms with E-state index in [2.05, 4.69) is 0 Å². The Hall–Kier alpha value is -2.57. The molecule has 1 N–H and O–H groups in total. The van der Waals surface area contributed by atoms with Crippen LogP contribution >= 0.6 is 0 Å². The number of Topliss-reactive ketones (excluding diaryl/α,β-unsaturated/α-hetero) is 1. The molecule has 3 rings (SSSR count). The Morgan fingerprint density at radius 2 is 1.68 bits per heavy atom. The van der Waals surface area contributed by atoms with Gasteiger partial charge in [0.1, 0.15) is 5.76 Å². The molecule has 0 saturated carbocycles. The van der Waals surface area contributed by atoms with Crippen molar-refractivity contribution in [2.45, 2.75) is 52.1 Å². The van der Waals surface area contributed by atoms with Gasteiger partial charge in [0, 0.05) is 18.4 Å². The summed E-state index contributed by atoms with van der Waals surface area (Å²) < 4.78 is 46.4. The van der Waals surface area contributed by atoms with Gasteiger partial charge in [-0.15, -0.1) is 0 Å². The third kappa shape index (κ3) is 3.12. The Bertz CT molecular complexity index is 920. The summed E-state index contributed by atoms with van der Waals surface area (Å²) in [5.41, 5.74) is -2.15. The van der Waals surface area contributed by atoms with Crippen LogP contribution in [0.4, 0.5) is 13.2 Å². The second-order valence-corrected chi connectivity index (χ2v) is 8.34. The van der Waals surface area contributed by atoms with Gasteiger partial charge in [-0.2, -0.15) is 13.2 Å². The molecule has 0 amide bonds. The highest BCUT2D eigenvalue weighted by Crippen LogP contribution is 2.54. The lowest BCUT2D eigenvalue weighted by Crippen LogP contribution is -2.45. The number of allylic oxidation sites excluding steroid dienone is 3. The third-order valence-electron chi connectivity index (χ3n) is 5.39. The van der Waals surface area contributed by atoms with Crippen LogP contribution < -0.4 is 0 Å². The molecule has 1 aliphatic carbocycles. The average molecular weight is 394 g/mol. The maximum Gasteiger partial charge on any atom is 0.450 e. The molecule has 150 valence electrons. The van der Waals surface area contributed by atoms with E-state index in [0.717, 1.165) is 5.56 Å². The summed E-state index contributed by atoms with van der Waals surface area (Å²) in [6, 6.07) is 6.49. The Kier molecular flexibility index (Phi) is 4.48. The van der Waals surface area contributed by atoms with Gasteiger partial charge in [-0.25, -0.2) is 4.79 Å². The standard InChI is InChI=1S/C21H21F3O4/c1-11-5-7-12(8-6-11)20(4)15-13(25)9-19(2,3)10-14(15)28-17(21(22,23)24)16(20)18(26)27/h5-8H,9-10H2,1-4H3,(H,26,27). The normalized spacial score (nSPS) is 24.8. The van der Waals surface area contributed by atoms with Gasteiger partial charge in [-0.05, 0) is 24.8 Å². The van der Waals surface area contributed by atoms with E-state index in [0.29, 0.717) is 5.56 Å². The fourth-order valence-electron chi connectivity index (χ4n) is 4.12. The van der Waals surface area contributed by atoms with E-state index in [9.17, 15) is 27.9 Å². The summed E-state index contributed by atoms with van der Waals surface area (Å²) >= 11 is 0. The molecule has 7 heteroatoms. The van der Waals surface area contributed by atoms with E-state index < -0.39 is 40.1 Å². The predicted octanol–water partition coefficient (Wildman–Crippen LogP) is 4.83. The number of hydrogen-bond acceptors (Lipinski definition) is 3. The van der Waals surface area contributed by atoms with Crippen LogP contribution in [0.15, 0.2) is 46.9 Å². The number of rotatable bonds is 2. The zero-order chi connectivity index (χ0) is 21.1. The van der Waals surface area contributed by atoms with Crippen molar-refractivity contribution in [2.75, 3.05) is 0 Å². The number of carbonyl (C=O) groups is 2. The van der Waals surface area contributed by atoms with Crippen LogP contribution in [-0.4, -0.2) is 23.0 Å². The number of hydrogen-bond donors (Lipinski definition) is 1. The van der Waals surface area contributed by atoms with E-state index >= 15 is 0 Å². The minimum atomic E-state index is -5.01. The van der Waals surface area contributed by atoms with Crippen molar-refractivity contribution in [2.24, 2.45) is 5.41 Å². The molecule has 0 aromatic heterocycles. The molecule has 4 nitrogen and oxygen atoms in total. The van der Waals surface area contributed by atoms with E-state index in [4.69, 9.17) is 4.74 Å². The van der Waals surface area contributed by atoms with Crippen LogP contribution in [0.3, 0.4) is 0 Å². The number of benzene rings is 1. The van der Waals surface area contributed by atoms with E-state index in [1.54, 1.807) is 38.1 Å². The average Bonchev–Trinajstić information content (AvgIpc) is 2.51. The van der Waals surface area contributed by atoms with Crippen LogP contribution in [0, 0.1) is 12.3 Å². The van der Waals surface area contributed by atoms with E-state index in [1.165, 1.54) is 6.92 Å². The summed E-state index contributed by atoms with van der Waals surface area (Å²) in [6.07, 6.45) is -4.80. The predicted molar refractivity (Wildman–Crippen MR) is 95.4 cm³/mol. The molecule has 0 bridgehead atoms. The van der Waals surface area contributed by atoms with Crippen molar-refractivity contribution < 1.29 is 32.6 Å². The van der Waals surface area contributed by atoms with Crippen LogP contribution in [0.25, 0.3) is 0 Å². The molecule has 0 saturated heterocycles. The number of alkyl halides is 3. The number of aryl methyl sites for hydroxylation is 1. The van der Waals surface area contributed by atoms with Crippen molar-refractivity contribution in [1.29, 1.82) is 0 Å². The van der Waals surface area contributed by atoms with Crippen molar-refractivity contribution in [3.63, 3.8) is 0 Å². The Balaban J connectivity index is 2.39. The molecule has 0 radical (unpaired) electrons. The lowest BCUT2D eigenvalue weighted by molar-refractivity contribution is -0.143. The number of carbonyl (C=O) groups excluding carboxylic acids is 1. The monoisotopic (exact) mass is 394 g/mol. The van der Waals surface area contributed by atoms with Gasteiger partial charge >= 0.3 is 12.1 Å². The summed E-state index contributed by atoms with van der Waals surface area (Å²) in [7, 11) is 0. The lowest BCUT2D eigenvalue weighted by Gasteiger charge is -2.44. The summed E-state index contributed by atoms with van der Waals surface area (Å²) in [5.74, 6) is -3.82. The molecule has 1 atom stereocenters.